The molecule has 0 fully saturated rings. The number of carbonyl (C=O) groups excluding carboxylic acids is 1. The molecule has 0 aliphatic rings. The summed E-state index contributed by atoms with van der Waals surface area (Å²) in [6.07, 6.45) is 2.00. The van der Waals surface area contributed by atoms with Gasteiger partial charge in [-0.15, -0.1) is 11.3 Å². The fourth-order valence-electron chi connectivity index (χ4n) is 2.67. The molecular weight excluding hydrogens is 364 g/mol. The van der Waals surface area contributed by atoms with Crippen molar-refractivity contribution in [1.82, 2.24) is 4.98 Å². The molecule has 0 unspecified atom stereocenters. The summed E-state index contributed by atoms with van der Waals surface area (Å²) < 4.78 is 7.71. The van der Waals surface area contributed by atoms with Gasteiger partial charge >= 0.3 is 0 Å². The number of hydrogen-bond acceptors (Lipinski definition) is 5. The number of amides is 1. The molecule has 0 aliphatic carbocycles. The van der Waals surface area contributed by atoms with Crippen LogP contribution in [0.15, 0.2) is 65.0 Å². The molecule has 0 aliphatic heterocycles. The van der Waals surface area contributed by atoms with E-state index >= 15 is 0 Å². The summed E-state index contributed by atoms with van der Waals surface area (Å²) in [6, 6.07) is 19.6. The summed E-state index contributed by atoms with van der Waals surface area (Å²) in [5.41, 5.74) is 1.70. The lowest BCUT2D eigenvalue weighted by Crippen LogP contribution is -2.20. The number of thiazole rings is 1. The number of carbonyl (C=O) groups is 1. The van der Waals surface area contributed by atoms with E-state index in [0.717, 1.165) is 31.0 Å². The predicted molar refractivity (Wildman–Crippen MR) is 109 cm³/mol. The fourth-order valence-corrected chi connectivity index (χ4v) is 4.20. The van der Waals surface area contributed by atoms with Crippen LogP contribution >= 0.6 is 23.1 Å². The Hall–Kier alpha value is -2.57. The van der Waals surface area contributed by atoms with E-state index in [4.69, 9.17) is 4.74 Å². The van der Waals surface area contributed by atoms with Gasteiger partial charge in [0, 0.05) is 5.69 Å². The lowest BCUT2D eigenvalue weighted by Gasteiger charge is -2.08. The molecule has 1 heterocycles. The topological polar surface area (TPSA) is 51.2 Å². The summed E-state index contributed by atoms with van der Waals surface area (Å²) in [5.74, 6) is 0.494. The zero-order valence-corrected chi connectivity index (χ0v) is 15.7. The number of rotatable bonds is 5. The highest BCUT2D eigenvalue weighted by Gasteiger charge is 2.07. The SMILES string of the molecule is CSc1nc2ccc(NC(=O)COc3ccc4ccccc4c3)cc2s1. The van der Waals surface area contributed by atoms with Crippen molar-refractivity contribution in [2.75, 3.05) is 18.2 Å². The van der Waals surface area contributed by atoms with Crippen molar-refractivity contribution in [3.05, 3.63) is 60.7 Å². The van der Waals surface area contributed by atoms with Crippen molar-refractivity contribution < 1.29 is 9.53 Å². The van der Waals surface area contributed by atoms with Crippen LogP contribution in [-0.2, 0) is 4.79 Å². The van der Waals surface area contributed by atoms with Gasteiger partial charge in [0.2, 0.25) is 0 Å². The number of nitrogens with zero attached hydrogens (tertiary/aromatic N) is 1. The largest absolute Gasteiger partial charge is 0.484 e. The van der Waals surface area contributed by atoms with E-state index in [1.54, 1.807) is 23.1 Å². The Kier molecular flexibility index (Phi) is 4.77. The van der Waals surface area contributed by atoms with Crippen LogP contribution in [0.2, 0.25) is 0 Å². The summed E-state index contributed by atoms with van der Waals surface area (Å²) in [4.78, 5) is 16.7. The average Bonchev–Trinajstić information content (AvgIpc) is 3.08. The third kappa shape index (κ3) is 3.66. The van der Waals surface area contributed by atoms with E-state index in [-0.39, 0.29) is 12.5 Å². The van der Waals surface area contributed by atoms with Gasteiger partial charge in [0.05, 0.1) is 10.2 Å². The van der Waals surface area contributed by atoms with Crippen LogP contribution in [0.1, 0.15) is 0 Å². The standard InChI is InChI=1S/C20H16N2O2S2/c1-25-20-22-17-9-7-15(11-18(17)26-20)21-19(23)12-24-16-8-6-13-4-2-3-5-14(13)10-16/h2-11H,12H2,1H3,(H,21,23). The van der Waals surface area contributed by atoms with E-state index in [0.29, 0.717) is 5.75 Å². The molecule has 0 spiro atoms. The molecule has 1 aromatic heterocycles. The molecule has 0 saturated heterocycles. The van der Waals surface area contributed by atoms with Gasteiger partial charge in [-0.25, -0.2) is 4.98 Å². The van der Waals surface area contributed by atoms with E-state index in [9.17, 15) is 4.79 Å². The molecule has 4 nitrogen and oxygen atoms in total. The van der Waals surface area contributed by atoms with Crippen LogP contribution in [0, 0.1) is 0 Å². The van der Waals surface area contributed by atoms with Crippen LogP contribution in [0.3, 0.4) is 0 Å². The van der Waals surface area contributed by atoms with E-state index < -0.39 is 0 Å². The number of nitrogens with one attached hydrogen (secondary N) is 1. The molecule has 4 aromatic rings. The van der Waals surface area contributed by atoms with Crippen molar-refractivity contribution >= 4 is 55.7 Å². The Morgan fingerprint density at radius 3 is 2.81 bits per heavy atom. The lowest BCUT2D eigenvalue weighted by atomic mass is 10.1. The molecule has 26 heavy (non-hydrogen) atoms. The van der Waals surface area contributed by atoms with E-state index in [1.165, 1.54) is 0 Å². The minimum absolute atomic E-state index is 0.0326. The first-order valence-electron chi connectivity index (χ1n) is 8.07. The first kappa shape index (κ1) is 16.9. The zero-order valence-electron chi connectivity index (χ0n) is 14.1. The quantitative estimate of drug-likeness (QED) is 0.484. The first-order valence-corrected chi connectivity index (χ1v) is 10.1. The molecule has 1 N–H and O–H groups in total. The summed E-state index contributed by atoms with van der Waals surface area (Å²) in [6.45, 7) is -0.0326. The van der Waals surface area contributed by atoms with Crippen molar-refractivity contribution in [3.8, 4) is 5.75 Å². The second-order valence-electron chi connectivity index (χ2n) is 5.71. The van der Waals surface area contributed by atoms with Gasteiger partial charge in [-0.2, -0.15) is 0 Å². The molecular formula is C20H16N2O2S2. The highest BCUT2D eigenvalue weighted by molar-refractivity contribution is 8.00. The second-order valence-corrected chi connectivity index (χ2v) is 7.80. The average molecular weight is 380 g/mol. The van der Waals surface area contributed by atoms with E-state index in [1.807, 2.05) is 66.9 Å². The van der Waals surface area contributed by atoms with Crippen molar-refractivity contribution in [3.63, 3.8) is 0 Å². The van der Waals surface area contributed by atoms with Gasteiger partial charge < -0.3 is 10.1 Å². The highest BCUT2D eigenvalue weighted by Crippen LogP contribution is 2.30. The maximum Gasteiger partial charge on any atom is 0.262 e. The number of aromatic nitrogens is 1. The summed E-state index contributed by atoms with van der Waals surface area (Å²) in [7, 11) is 0. The molecule has 130 valence electrons. The monoisotopic (exact) mass is 380 g/mol. The van der Waals surface area contributed by atoms with Gasteiger partial charge in [-0.3, -0.25) is 4.79 Å². The predicted octanol–water partition coefficient (Wildman–Crippen LogP) is 5.19. The van der Waals surface area contributed by atoms with Gasteiger partial charge in [0.25, 0.3) is 5.91 Å². The minimum Gasteiger partial charge on any atom is -0.484 e. The van der Waals surface area contributed by atoms with Crippen molar-refractivity contribution in [2.24, 2.45) is 0 Å². The van der Waals surface area contributed by atoms with Crippen LogP contribution in [-0.4, -0.2) is 23.8 Å². The van der Waals surface area contributed by atoms with Crippen molar-refractivity contribution in [2.45, 2.75) is 4.34 Å². The Morgan fingerprint density at radius 1 is 1.12 bits per heavy atom. The molecule has 0 saturated carbocycles. The van der Waals surface area contributed by atoms with Crippen LogP contribution in [0.25, 0.3) is 21.0 Å². The molecule has 0 bridgehead atoms. The maximum atomic E-state index is 12.2. The molecule has 4 rings (SSSR count). The number of thioether (sulfide) groups is 1. The van der Waals surface area contributed by atoms with E-state index in [2.05, 4.69) is 10.3 Å². The number of hydrogen-bond donors (Lipinski definition) is 1. The van der Waals surface area contributed by atoms with Crippen molar-refractivity contribution in [1.29, 1.82) is 0 Å². The molecule has 3 aromatic carbocycles. The zero-order chi connectivity index (χ0) is 17.9. The van der Waals surface area contributed by atoms with Gasteiger partial charge in [0.1, 0.15) is 5.75 Å². The minimum atomic E-state index is -0.188. The Balaban J connectivity index is 1.41. The lowest BCUT2D eigenvalue weighted by molar-refractivity contribution is -0.118. The summed E-state index contributed by atoms with van der Waals surface area (Å²) >= 11 is 3.24. The number of ether oxygens (including phenoxy) is 1. The normalized spacial score (nSPS) is 11.0. The molecule has 1 amide bonds. The van der Waals surface area contributed by atoms with Gasteiger partial charge in [0.15, 0.2) is 10.9 Å². The summed E-state index contributed by atoms with van der Waals surface area (Å²) in [5, 5.41) is 5.11. The van der Waals surface area contributed by atoms with Crippen LogP contribution in [0.5, 0.6) is 5.75 Å². The van der Waals surface area contributed by atoms with Gasteiger partial charge in [-0.1, -0.05) is 42.1 Å². The fraction of sp³-hybridized carbons (Fsp3) is 0.100. The maximum absolute atomic E-state index is 12.2. The second kappa shape index (κ2) is 7.35. The highest BCUT2D eigenvalue weighted by atomic mass is 32.2. The van der Waals surface area contributed by atoms with Crippen LogP contribution < -0.4 is 10.1 Å². The van der Waals surface area contributed by atoms with Gasteiger partial charge in [-0.05, 0) is 47.4 Å². The van der Waals surface area contributed by atoms with Crippen LogP contribution in [0.4, 0.5) is 5.69 Å². The number of anilines is 1. The third-order valence-electron chi connectivity index (χ3n) is 3.92. The smallest absolute Gasteiger partial charge is 0.262 e. The Labute approximate surface area is 159 Å². The first-order chi connectivity index (χ1) is 12.7. The number of benzene rings is 3. The third-order valence-corrected chi connectivity index (χ3v) is 5.92. The number of fused-ring (bicyclic) bond motifs is 2. The molecule has 0 radical (unpaired) electrons. The molecule has 6 heteroatoms. The Bertz CT molecular complexity index is 1090. The Morgan fingerprint density at radius 2 is 1.96 bits per heavy atom. The molecule has 0 atom stereocenters.